The van der Waals surface area contributed by atoms with Gasteiger partial charge in [-0.05, 0) is 60.1 Å². The zero-order chi connectivity index (χ0) is 14.5. The smallest absolute Gasteiger partial charge is 0.399 e. The van der Waals surface area contributed by atoms with Crippen molar-refractivity contribution < 1.29 is 9.31 Å². The summed E-state index contributed by atoms with van der Waals surface area (Å²) in [6, 6.07) is 0. The molecular formula is C15H26BNO2. The maximum atomic E-state index is 6.10. The lowest BCUT2D eigenvalue weighted by atomic mass is 9.77. The second-order valence-electron chi connectivity index (χ2n) is 7.44. The third-order valence-electron chi connectivity index (χ3n) is 4.30. The molecule has 106 valence electrons. The van der Waals surface area contributed by atoms with Crippen LogP contribution in [0.2, 0.25) is 0 Å². The second kappa shape index (κ2) is 4.39. The SMILES string of the molecule is CC(C)(C)N1C=C(B2OC(C)(C)C(C)(C)O2)C=CC1. The Hall–Kier alpha value is -0.735. The van der Waals surface area contributed by atoms with Crippen molar-refractivity contribution in [1.29, 1.82) is 0 Å². The van der Waals surface area contributed by atoms with Gasteiger partial charge in [-0.3, -0.25) is 0 Å². The van der Waals surface area contributed by atoms with E-state index in [0.717, 1.165) is 12.0 Å². The lowest BCUT2D eigenvalue weighted by Gasteiger charge is -2.36. The van der Waals surface area contributed by atoms with E-state index >= 15 is 0 Å². The van der Waals surface area contributed by atoms with E-state index in [4.69, 9.17) is 9.31 Å². The van der Waals surface area contributed by atoms with Crippen LogP contribution >= 0.6 is 0 Å². The van der Waals surface area contributed by atoms with Gasteiger partial charge in [0.25, 0.3) is 0 Å². The third-order valence-corrected chi connectivity index (χ3v) is 4.30. The highest BCUT2D eigenvalue weighted by molar-refractivity contribution is 6.55. The first-order valence-corrected chi connectivity index (χ1v) is 7.04. The summed E-state index contributed by atoms with van der Waals surface area (Å²) in [5.41, 5.74) is 0.645. The molecule has 0 aromatic heterocycles. The largest absolute Gasteiger partial charge is 0.496 e. The molecule has 0 radical (unpaired) electrons. The van der Waals surface area contributed by atoms with E-state index in [-0.39, 0.29) is 23.9 Å². The Labute approximate surface area is 117 Å². The summed E-state index contributed by atoms with van der Waals surface area (Å²) >= 11 is 0. The third kappa shape index (κ3) is 2.75. The predicted octanol–water partition coefficient (Wildman–Crippen LogP) is 3.17. The van der Waals surface area contributed by atoms with Gasteiger partial charge < -0.3 is 14.2 Å². The summed E-state index contributed by atoms with van der Waals surface area (Å²) in [6.45, 7) is 15.9. The minimum atomic E-state index is -0.281. The molecule has 0 amide bonds. The minimum absolute atomic E-state index is 0.111. The molecule has 4 heteroatoms. The Kier molecular flexibility index (Phi) is 3.39. The van der Waals surface area contributed by atoms with E-state index < -0.39 is 0 Å². The van der Waals surface area contributed by atoms with Gasteiger partial charge >= 0.3 is 7.12 Å². The van der Waals surface area contributed by atoms with E-state index in [0.29, 0.717) is 0 Å². The van der Waals surface area contributed by atoms with E-state index in [9.17, 15) is 0 Å². The van der Waals surface area contributed by atoms with Crippen molar-refractivity contribution in [1.82, 2.24) is 4.90 Å². The Bertz CT molecular complexity index is 402. The highest BCUT2D eigenvalue weighted by Gasteiger charge is 2.52. The monoisotopic (exact) mass is 263 g/mol. The van der Waals surface area contributed by atoms with Crippen molar-refractivity contribution >= 4 is 7.12 Å². The Morgan fingerprint density at radius 1 is 1.11 bits per heavy atom. The second-order valence-corrected chi connectivity index (χ2v) is 7.44. The quantitative estimate of drug-likeness (QED) is 0.678. The topological polar surface area (TPSA) is 21.7 Å². The lowest BCUT2D eigenvalue weighted by Crippen LogP contribution is -2.41. The predicted molar refractivity (Wildman–Crippen MR) is 79.8 cm³/mol. The van der Waals surface area contributed by atoms with Crippen molar-refractivity contribution in [2.75, 3.05) is 6.54 Å². The molecule has 19 heavy (non-hydrogen) atoms. The first-order valence-electron chi connectivity index (χ1n) is 7.04. The number of hydrogen-bond acceptors (Lipinski definition) is 3. The van der Waals surface area contributed by atoms with E-state index in [2.05, 4.69) is 71.7 Å². The van der Waals surface area contributed by atoms with Crippen LogP contribution in [0, 0.1) is 0 Å². The summed E-state index contributed by atoms with van der Waals surface area (Å²) in [6.07, 6.45) is 6.46. The van der Waals surface area contributed by atoms with Gasteiger partial charge in [0.2, 0.25) is 0 Å². The molecule has 0 spiro atoms. The average molecular weight is 263 g/mol. The fraction of sp³-hybridized carbons (Fsp3) is 0.733. The van der Waals surface area contributed by atoms with Gasteiger partial charge in [0.1, 0.15) is 0 Å². The average Bonchev–Trinajstić information content (AvgIpc) is 2.47. The van der Waals surface area contributed by atoms with Crippen LogP contribution in [0.25, 0.3) is 0 Å². The Morgan fingerprint density at radius 3 is 2.11 bits per heavy atom. The highest BCUT2D eigenvalue weighted by atomic mass is 16.7. The van der Waals surface area contributed by atoms with Crippen LogP contribution in [0.1, 0.15) is 48.5 Å². The van der Waals surface area contributed by atoms with Crippen molar-refractivity contribution in [3.63, 3.8) is 0 Å². The molecule has 0 aliphatic carbocycles. The summed E-state index contributed by atoms with van der Waals surface area (Å²) in [5.74, 6) is 0. The molecular weight excluding hydrogens is 237 g/mol. The van der Waals surface area contributed by atoms with E-state index in [1.807, 2.05) is 0 Å². The maximum absolute atomic E-state index is 6.10. The molecule has 2 aliphatic heterocycles. The minimum Gasteiger partial charge on any atom is -0.399 e. The molecule has 0 aromatic rings. The summed E-state index contributed by atoms with van der Waals surface area (Å²) in [7, 11) is -0.272. The van der Waals surface area contributed by atoms with Gasteiger partial charge in [0.15, 0.2) is 0 Å². The molecule has 0 unspecified atom stereocenters. The molecule has 0 saturated carbocycles. The van der Waals surface area contributed by atoms with Crippen LogP contribution in [0.3, 0.4) is 0 Å². The van der Waals surface area contributed by atoms with Crippen LogP contribution < -0.4 is 0 Å². The molecule has 0 aromatic carbocycles. The van der Waals surface area contributed by atoms with Gasteiger partial charge in [0.05, 0.1) is 11.2 Å². The van der Waals surface area contributed by atoms with Gasteiger partial charge in [-0.15, -0.1) is 0 Å². The lowest BCUT2D eigenvalue weighted by molar-refractivity contribution is 0.00578. The molecule has 0 N–H and O–H groups in total. The van der Waals surface area contributed by atoms with Gasteiger partial charge in [-0.25, -0.2) is 0 Å². The van der Waals surface area contributed by atoms with Gasteiger partial charge in [-0.1, -0.05) is 12.2 Å². The summed E-state index contributed by atoms with van der Waals surface area (Å²) in [4.78, 5) is 2.31. The zero-order valence-electron chi connectivity index (χ0n) is 13.3. The van der Waals surface area contributed by atoms with Gasteiger partial charge in [0, 0.05) is 12.1 Å². The Balaban J connectivity index is 2.20. The molecule has 2 aliphatic rings. The molecule has 0 atom stereocenters. The van der Waals surface area contributed by atoms with E-state index in [1.165, 1.54) is 0 Å². The van der Waals surface area contributed by atoms with Crippen molar-refractivity contribution in [3.05, 3.63) is 23.8 Å². The maximum Gasteiger partial charge on any atom is 0.496 e. The number of rotatable bonds is 1. The fourth-order valence-electron chi connectivity index (χ4n) is 2.16. The van der Waals surface area contributed by atoms with E-state index in [1.54, 1.807) is 0 Å². The molecule has 1 fully saturated rings. The first-order chi connectivity index (χ1) is 8.53. The number of allylic oxidation sites excluding steroid dienone is 2. The molecule has 0 bridgehead atoms. The molecule has 3 nitrogen and oxygen atoms in total. The van der Waals surface area contributed by atoms with Crippen molar-refractivity contribution in [2.45, 2.75) is 65.2 Å². The highest BCUT2D eigenvalue weighted by Crippen LogP contribution is 2.39. The number of nitrogens with zero attached hydrogens (tertiary/aromatic N) is 1. The standard InChI is InChI=1S/C15H26BNO2/c1-13(2,3)17-10-8-9-12(11-17)16-18-14(4,5)15(6,7)19-16/h8-9,11H,10H2,1-7H3. The van der Waals surface area contributed by atoms with Crippen LogP contribution in [0.5, 0.6) is 0 Å². The van der Waals surface area contributed by atoms with Crippen LogP contribution in [0.4, 0.5) is 0 Å². The van der Waals surface area contributed by atoms with Crippen LogP contribution in [-0.2, 0) is 9.31 Å². The van der Waals surface area contributed by atoms with Crippen molar-refractivity contribution in [3.8, 4) is 0 Å². The summed E-state index contributed by atoms with van der Waals surface area (Å²) < 4.78 is 12.2. The number of hydrogen-bond donors (Lipinski definition) is 0. The van der Waals surface area contributed by atoms with Crippen LogP contribution in [0.15, 0.2) is 23.8 Å². The molecule has 2 rings (SSSR count). The molecule has 2 heterocycles. The summed E-state index contributed by atoms with van der Waals surface area (Å²) in [5, 5.41) is 0. The van der Waals surface area contributed by atoms with Gasteiger partial charge in [-0.2, -0.15) is 0 Å². The first kappa shape index (κ1) is 14.7. The fourth-order valence-corrected chi connectivity index (χ4v) is 2.16. The zero-order valence-corrected chi connectivity index (χ0v) is 13.3. The van der Waals surface area contributed by atoms with Crippen molar-refractivity contribution in [2.24, 2.45) is 0 Å². The normalized spacial score (nSPS) is 25.7. The molecule has 1 saturated heterocycles. The van der Waals surface area contributed by atoms with Crippen LogP contribution in [-0.4, -0.2) is 35.3 Å². The Morgan fingerprint density at radius 2 is 1.63 bits per heavy atom.